The van der Waals surface area contributed by atoms with E-state index in [0.29, 0.717) is 13.0 Å². The van der Waals surface area contributed by atoms with Crippen LogP contribution in [0.2, 0.25) is 0 Å². The Labute approximate surface area is 185 Å². The van der Waals surface area contributed by atoms with Crippen LogP contribution in [0, 0.1) is 0 Å². The molecule has 0 radical (unpaired) electrons. The lowest BCUT2D eigenvalue weighted by atomic mass is 10.1. The summed E-state index contributed by atoms with van der Waals surface area (Å²) in [6.45, 7) is 6.17. The van der Waals surface area contributed by atoms with Gasteiger partial charge in [0.1, 0.15) is 0 Å². The molecular formula is C20H33IN4OS. The summed E-state index contributed by atoms with van der Waals surface area (Å²) in [6, 6.07) is 8.45. The zero-order valence-electron chi connectivity index (χ0n) is 16.5. The molecule has 1 amide bonds. The van der Waals surface area contributed by atoms with Gasteiger partial charge < -0.3 is 15.5 Å². The molecule has 0 aliphatic carbocycles. The van der Waals surface area contributed by atoms with Crippen LogP contribution < -0.4 is 10.6 Å². The number of nitrogens with zero attached hydrogens (tertiary/aromatic N) is 2. The minimum atomic E-state index is 0. The molecule has 0 spiro atoms. The second kappa shape index (κ2) is 14.1. The van der Waals surface area contributed by atoms with Gasteiger partial charge in [-0.1, -0.05) is 24.3 Å². The Morgan fingerprint density at radius 3 is 2.56 bits per heavy atom. The highest BCUT2D eigenvalue weighted by Crippen LogP contribution is 2.15. The molecule has 7 heteroatoms. The van der Waals surface area contributed by atoms with Crippen LogP contribution in [0.15, 0.2) is 29.3 Å². The van der Waals surface area contributed by atoms with E-state index in [9.17, 15) is 4.79 Å². The van der Waals surface area contributed by atoms with Crippen molar-refractivity contribution in [2.45, 2.75) is 45.7 Å². The van der Waals surface area contributed by atoms with E-state index in [4.69, 9.17) is 0 Å². The highest BCUT2D eigenvalue weighted by molar-refractivity contribution is 14.0. The van der Waals surface area contributed by atoms with E-state index >= 15 is 0 Å². The van der Waals surface area contributed by atoms with Gasteiger partial charge in [-0.3, -0.25) is 4.79 Å². The normalized spacial score (nSPS) is 14.2. The molecule has 5 nitrogen and oxygen atoms in total. The topological polar surface area (TPSA) is 56.7 Å². The number of nitrogens with one attached hydrogen (secondary N) is 2. The molecule has 1 aliphatic rings. The quantitative estimate of drug-likeness (QED) is 0.221. The fourth-order valence-corrected chi connectivity index (χ4v) is 3.42. The Bertz CT molecular complexity index is 580. The number of halogens is 1. The molecule has 2 rings (SSSR count). The lowest BCUT2D eigenvalue weighted by molar-refractivity contribution is -0.128. The molecule has 1 saturated heterocycles. The van der Waals surface area contributed by atoms with E-state index in [1.807, 2.05) is 16.7 Å². The van der Waals surface area contributed by atoms with Crippen LogP contribution >= 0.6 is 35.7 Å². The Morgan fingerprint density at radius 2 is 1.93 bits per heavy atom. The van der Waals surface area contributed by atoms with Crippen molar-refractivity contribution < 1.29 is 4.79 Å². The molecule has 0 aromatic heterocycles. The molecule has 2 N–H and O–H groups in total. The van der Waals surface area contributed by atoms with Gasteiger partial charge in [0, 0.05) is 32.6 Å². The monoisotopic (exact) mass is 504 g/mol. The molecule has 1 aromatic rings. The first-order valence-corrected chi connectivity index (χ1v) is 11.0. The largest absolute Gasteiger partial charge is 0.357 e. The fraction of sp³-hybridized carbons (Fsp3) is 0.600. The van der Waals surface area contributed by atoms with Gasteiger partial charge in [0.05, 0.1) is 6.54 Å². The number of amides is 1. The van der Waals surface area contributed by atoms with Gasteiger partial charge in [-0.25, -0.2) is 4.99 Å². The summed E-state index contributed by atoms with van der Waals surface area (Å²) in [5.74, 6) is 2.37. The fourth-order valence-electron chi connectivity index (χ4n) is 2.93. The average Bonchev–Trinajstić information content (AvgIpc) is 3.05. The molecule has 1 fully saturated rings. The lowest BCUT2D eigenvalue weighted by Crippen LogP contribution is -2.37. The minimum Gasteiger partial charge on any atom is -0.357 e. The summed E-state index contributed by atoms with van der Waals surface area (Å²) in [5, 5.41) is 6.70. The van der Waals surface area contributed by atoms with Crippen molar-refractivity contribution in [1.82, 2.24) is 15.5 Å². The van der Waals surface area contributed by atoms with Crippen molar-refractivity contribution in [2.75, 3.05) is 31.6 Å². The highest BCUT2D eigenvalue weighted by atomic mass is 127. The van der Waals surface area contributed by atoms with E-state index in [2.05, 4.69) is 53.1 Å². The number of thioether (sulfide) groups is 1. The summed E-state index contributed by atoms with van der Waals surface area (Å²) >= 11 is 1.89. The number of benzene rings is 1. The van der Waals surface area contributed by atoms with E-state index in [-0.39, 0.29) is 29.9 Å². The standard InChI is InChI=1S/C20H32N4OS.HI/c1-3-21-20(22-12-4-5-14-26-2)23-15-17-8-10-18(11-9-17)16-24-13-6-7-19(24)25;/h8-11H,3-7,12-16H2,1-2H3,(H2,21,22,23);1H. The number of likely N-dealkylation sites (tertiary alicyclic amines) is 1. The van der Waals surface area contributed by atoms with Gasteiger partial charge in [0.2, 0.25) is 5.91 Å². The van der Waals surface area contributed by atoms with Crippen molar-refractivity contribution in [1.29, 1.82) is 0 Å². The molecule has 1 aromatic carbocycles. The van der Waals surface area contributed by atoms with Gasteiger partial charge in [0.25, 0.3) is 0 Å². The van der Waals surface area contributed by atoms with Crippen LogP contribution in [0.4, 0.5) is 0 Å². The van der Waals surface area contributed by atoms with Gasteiger partial charge in [0.15, 0.2) is 5.96 Å². The number of carbonyl (C=O) groups excluding carboxylic acids is 1. The lowest BCUT2D eigenvalue weighted by Gasteiger charge is -2.15. The Kier molecular flexibility index (Phi) is 12.6. The van der Waals surface area contributed by atoms with Gasteiger partial charge in [-0.05, 0) is 49.3 Å². The van der Waals surface area contributed by atoms with Crippen LogP contribution in [-0.4, -0.2) is 48.4 Å². The molecule has 0 bridgehead atoms. The van der Waals surface area contributed by atoms with Crippen molar-refractivity contribution in [3.8, 4) is 0 Å². The molecule has 0 atom stereocenters. The van der Waals surface area contributed by atoms with Crippen molar-refractivity contribution in [3.63, 3.8) is 0 Å². The maximum Gasteiger partial charge on any atom is 0.222 e. The summed E-state index contributed by atoms with van der Waals surface area (Å²) in [4.78, 5) is 18.3. The number of hydrogen-bond acceptors (Lipinski definition) is 3. The van der Waals surface area contributed by atoms with Crippen molar-refractivity contribution in [3.05, 3.63) is 35.4 Å². The van der Waals surface area contributed by atoms with E-state index < -0.39 is 0 Å². The van der Waals surface area contributed by atoms with E-state index in [1.165, 1.54) is 23.3 Å². The Morgan fingerprint density at radius 1 is 1.19 bits per heavy atom. The second-order valence-electron chi connectivity index (χ2n) is 6.56. The molecule has 1 aliphatic heterocycles. The number of rotatable bonds is 10. The van der Waals surface area contributed by atoms with Gasteiger partial charge in [-0.15, -0.1) is 24.0 Å². The van der Waals surface area contributed by atoms with Gasteiger partial charge >= 0.3 is 0 Å². The van der Waals surface area contributed by atoms with Crippen LogP contribution in [0.25, 0.3) is 0 Å². The zero-order chi connectivity index (χ0) is 18.6. The average molecular weight is 504 g/mol. The molecule has 27 heavy (non-hydrogen) atoms. The summed E-state index contributed by atoms with van der Waals surface area (Å²) in [5.41, 5.74) is 2.37. The van der Waals surface area contributed by atoms with Crippen LogP contribution in [0.1, 0.15) is 43.7 Å². The number of carbonyl (C=O) groups is 1. The molecular weight excluding hydrogens is 471 g/mol. The third kappa shape index (κ3) is 9.19. The predicted octanol–water partition coefficient (Wildman–Crippen LogP) is 3.63. The third-order valence-corrected chi connectivity index (χ3v) is 5.10. The summed E-state index contributed by atoms with van der Waals surface area (Å²) < 4.78 is 0. The summed E-state index contributed by atoms with van der Waals surface area (Å²) in [6.07, 6.45) is 6.23. The first-order chi connectivity index (χ1) is 12.7. The zero-order valence-corrected chi connectivity index (χ0v) is 19.6. The Balaban J connectivity index is 0.00000364. The number of unbranched alkanes of at least 4 members (excludes halogenated alkanes) is 1. The van der Waals surface area contributed by atoms with Crippen LogP contribution in [0.5, 0.6) is 0 Å². The molecule has 0 unspecified atom stereocenters. The maximum atomic E-state index is 11.7. The molecule has 152 valence electrons. The summed E-state index contributed by atoms with van der Waals surface area (Å²) in [7, 11) is 0. The number of guanidine groups is 1. The van der Waals surface area contributed by atoms with Crippen molar-refractivity contribution in [2.24, 2.45) is 4.99 Å². The van der Waals surface area contributed by atoms with E-state index in [0.717, 1.165) is 45.0 Å². The second-order valence-corrected chi connectivity index (χ2v) is 7.54. The first-order valence-electron chi connectivity index (χ1n) is 9.59. The number of hydrogen-bond donors (Lipinski definition) is 2. The highest BCUT2D eigenvalue weighted by Gasteiger charge is 2.19. The van der Waals surface area contributed by atoms with Crippen molar-refractivity contribution >= 4 is 47.6 Å². The van der Waals surface area contributed by atoms with Crippen LogP contribution in [-0.2, 0) is 17.9 Å². The van der Waals surface area contributed by atoms with Gasteiger partial charge in [-0.2, -0.15) is 11.8 Å². The Hall–Kier alpha value is -0.960. The first kappa shape index (κ1) is 24.1. The number of aliphatic imine (C=N–C) groups is 1. The predicted molar refractivity (Wildman–Crippen MR) is 127 cm³/mol. The SMILES string of the molecule is CCNC(=NCc1ccc(CN2CCCC2=O)cc1)NCCCCSC.I. The molecule has 1 heterocycles. The molecule has 0 saturated carbocycles. The van der Waals surface area contributed by atoms with E-state index in [1.54, 1.807) is 0 Å². The third-order valence-electron chi connectivity index (χ3n) is 4.40. The smallest absolute Gasteiger partial charge is 0.222 e. The minimum absolute atomic E-state index is 0. The van der Waals surface area contributed by atoms with Crippen LogP contribution in [0.3, 0.4) is 0 Å². The maximum absolute atomic E-state index is 11.7.